The average Bonchev–Trinajstić information content (AvgIpc) is 3.26. The molecular weight excluding hydrogens is 392 g/mol. The van der Waals surface area contributed by atoms with Gasteiger partial charge in [0.05, 0.1) is 28.5 Å². The summed E-state index contributed by atoms with van der Waals surface area (Å²) in [6.07, 6.45) is 0.0833. The second-order valence-corrected chi connectivity index (χ2v) is 7.71. The van der Waals surface area contributed by atoms with E-state index in [4.69, 9.17) is 4.74 Å². The molecule has 0 atom stereocenters. The number of ether oxygens (including phenoxy) is 1. The fourth-order valence-corrected chi connectivity index (χ4v) is 4.62. The van der Waals surface area contributed by atoms with Crippen molar-refractivity contribution in [3.63, 3.8) is 0 Å². The van der Waals surface area contributed by atoms with Gasteiger partial charge in [-0.3, -0.25) is 14.9 Å². The molecule has 2 aromatic rings. The molecule has 1 aliphatic rings. The van der Waals surface area contributed by atoms with E-state index in [1.165, 1.54) is 23.5 Å². The second-order valence-electron chi connectivity index (χ2n) is 5.54. The average molecular weight is 406 g/mol. The molecule has 0 radical (unpaired) electrons. The van der Waals surface area contributed by atoms with E-state index in [-0.39, 0.29) is 16.5 Å². The van der Waals surface area contributed by atoms with Crippen LogP contribution in [0.25, 0.3) is 0 Å². The van der Waals surface area contributed by atoms with Gasteiger partial charge in [0.15, 0.2) is 0 Å². The SMILES string of the molecule is CCOC(=O)N1CCc2c(sc(NC(=O)c3ccc([N+](=O)[O-])s3)c2C#N)C1. The minimum atomic E-state index is -0.560. The summed E-state index contributed by atoms with van der Waals surface area (Å²) >= 11 is 2.00. The molecule has 0 saturated carbocycles. The topological polar surface area (TPSA) is 126 Å². The molecule has 2 amide bonds. The van der Waals surface area contributed by atoms with Gasteiger partial charge in [-0.1, -0.05) is 11.3 Å². The van der Waals surface area contributed by atoms with E-state index in [1.807, 2.05) is 0 Å². The zero-order valence-corrected chi connectivity index (χ0v) is 15.8. The van der Waals surface area contributed by atoms with Crippen molar-refractivity contribution in [2.75, 3.05) is 18.5 Å². The van der Waals surface area contributed by atoms with Gasteiger partial charge in [0, 0.05) is 17.5 Å². The molecule has 3 heterocycles. The fourth-order valence-electron chi connectivity index (χ4n) is 2.69. The number of nitrogens with one attached hydrogen (secondary N) is 1. The largest absolute Gasteiger partial charge is 0.450 e. The third-order valence-corrected chi connectivity index (χ3v) is 6.09. The lowest BCUT2D eigenvalue weighted by molar-refractivity contribution is -0.380. The van der Waals surface area contributed by atoms with Crippen molar-refractivity contribution in [1.29, 1.82) is 5.26 Å². The summed E-state index contributed by atoms with van der Waals surface area (Å²) in [5, 5.41) is 23.2. The summed E-state index contributed by atoms with van der Waals surface area (Å²) in [5.41, 5.74) is 1.19. The molecule has 11 heteroatoms. The van der Waals surface area contributed by atoms with Crippen LogP contribution in [-0.4, -0.2) is 35.0 Å². The summed E-state index contributed by atoms with van der Waals surface area (Å²) in [4.78, 5) is 37.0. The molecule has 0 fully saturated rings. The van der Waals surface area contributed by atoms with Crippen LogP contribution in [0.3, 0.4) is 0 Å². The molecular formula is C16H14N4O5S2. The Morgan fingerprint density at radius 3 is 2.85 bits per heavy atom. The summed E-state index contributed by atoms with van der Waals surface area (Å²) < 4.78 is 5.01. The van der Waals surface area contributed by atoms with Crippen molar-refractivity contribution < 1.29 is 19.2 Å². The van der Waals surface area contributed by atoms with E-state index in [1.54, 1.807) is 11.8 Å². The maximum atomic E-state index is 12.4. The van der Waals surface area contributed by atoms with Crippen LogP contribution in [0.15, 0.2) is 12.1 Å². The Morgan fingerprint density at radius 1 is 1.44 bits per heavy atom. The van der Waals surface area contributed by atoms with Gasteiger partial charge >= 0.3 is 11.1 Å². The molecule has 0 bridgehead atoms. The predicted molar refractivity (Wildman–Crippen MR) is 99.1 cm³/mol. The summed E-state index contributed by atoms with van der Waals surface area (Å²) in [5.74, 6) is -0.509. The summed E-state index contributed by atoms with van der Waals surface area (Å²) in [7, 11) is 0. The fraction of sp³-hybridized carbons (Fsp3) is 0.312. The number of rotatable bonds is 4. The summed E-state index contributed by atoms with van der Waals surface area (Å²) in [6, 6.07) is 4.75. The van der Waals surface area contributed by atoms with E-state index >= 15 is 0 Å². The quantitative estimate of drug-likeness (QED) is 0.613. The van der Waals surface area contributed by atoms with Gasteiger partial charge in [-0.25, -0.2) is 4.79 Å². The van der Waals surface area contributed by atoms with Crippen LogP contribution < -0.4 is 5.32 Å². The molecule has 1 aliphatic heterocycles. The van der Waals surface area contributed by atoms with Gasteiger partial charge in [-0.05, 0) is 25.0 Å². The van der Waals surface area contributed by atoms with Crippen LogP contribution in [0, 0.1) is 21.4 Å². The lowest BCUT2D eigenvalue weighted by Crippen LogP contribution is -2.35. The zero-order chi connectivity index (χ0) is 19.6. The van der Waals surface area contributed by atoms with Gasteiger partial charge in [0.1, 0.15) is 11.1 Å². The Balaban J connectivity index is 1.81. The second kappa shape index (κ2) is 7.73. The Kier molecular flexibility index (Phi) is 5.38. The van der Waals surface area contributed by atoms with Crippen molar-refractivity contribution in [2.24, 2.45) is 0 Å². The maximum Gasteiger partial charge on any atom is 0.410 e. The Morgan fingerprint density at radius 2 is 2.22 bits per heavy atom. The minimum absolute atomic E-state index is 0.129. The lowest BCUT2D eigenvalue weighted by Gasteiger charge is -2.25. The van der Waals surface area contributed by atoms with Crippen LogP contribution in [0.4, 0.5) is 14.8 Å². The number of nitro groups is 1. The molecule has 1 N–H and O–H groups in total. The molecule has 0 aromatic carbocycles. The minimum Gasteiger partial charge on any atom is -0.450 e. The Hall–Kier alpha value is -2.97. The number of carbonyl (C=O) groups is 2. The highest BCUT2D eigenvalue weighted by Gasteiger charge is 2.28. The number of nitriles is 1. The Bertz CT molecular complexity index is 959. The van der Waals surface area contributed by atoms with E-state index in [2.05, 4.69) is 11.4 Å². The number of hydrogen-bond acceptors (Lipinski definition) is 8. The van der Waals surface area contributed by atoms with E-state index in [0.29, 0.717) is 30.1 Å². The Labute approximate surface area is 161 Å². The first kappa shape index (κ1) is 18.8. The monoisotopic (exact) mass is 406 g/mol. The van der Waals surface area contributed by atoms with Gasteiger partial charge < -0.3 is 15.0 Å². The van der Waals surface area contributed by atoms with Crippen molar-refractivity contribution in [2.45, 2.75) is 19.9 Å². The van der Waals surface area contributed by atoms with Crippen molar-refractivity contribution in [3.8, 4) is 6.07 Å². The molecule has 2 aromatic heterocycles. The van der Waals surface area contributed by atoms with Crippen LogP contribution in [-0.2, 0) is 17.7 Å². The zero-order valence-electron chi connectivity index (χ0n) is 14.2. The van der Waals surface area contributed by atoms with Gasteiger partial charge in [-0.2, -0.15) is 5.26 Å². The number of hydrogen-bond donors (Lipinski definition) is 1. The molecule has 0 unspecified atom stereocenters. The predicted octanol–water partition coefficient (Wildman–Crippen LogP) is 3.36. The first-order chi connectivity index (χ1) is 12.9. The van der Waals surface area contributed by atoms with Crippen LogP contribution in [0.2, 0.25) is 0 Å². The third kappa shape index (κ3) is 3.76. The number of amides is 2. The van der Waals surface area contributed by atoms with Crippen molar-refractivity contribution >= 4 is 44.7 Å². The molecule has 27 heavy (non-hydrogen) atoms. The van der Waals surface area contributed by atoms with E-state index in [9.17, 15) is 25.0 Å². The van der Waals surface area contributed by atoms with Crippen LogP contribution in [0.1, 0.15) is 32.6 Å². The number of fused-ring (bicyclic) bond motifs is 1. The van der Waals surface area contributed by atoms with Gasteiger partial charge in [0.2, 0.25) is 0 Å². The normalized spacial score (nSPS) is 12.8. The van der Waals surface area contributed by atoms with E-state index < -0.39 is 16.9 Å². The van der Waals surface area contributed by atoms with Crippen LogP contribution in [0.5, 0.6) is 0 Å². The number of nitrogens with zero attached hydrogens (tertiary/aromatic N) is 3. The smallest absolute Gasteiger partial charge is 0.410 e. The summed E-state index contributed by atoms with van der Waals surface area (Å²) in [6.45, 7) is 2.76. The standard InChI is InChI=1S/C16H14N4O5S2/c1-2-25-16(22)19-6-5-9-10(7-17)15(27-12(9)8-19)18-14(21)11-3-4-13(26-11)20(23)24/h3-4H,2,5-6,8H2,1H3,(H,18,21). The first-order valence-electron chi connectivity index (χ1n) is 7.96. The van der Waals surface area contributed by atoms with Crippen LogP contribution >= 0.6 is 22.7 Å². The lowest BCUT2D eigenvalue weighted by atomic mass is 10.0. The van der Waals surface area contributed by atoms with Gasteiger partial charge in [-0.15, -0.1) is 11.3 Å². The third-order valence-electron chi connectivity index (χ3n) is 3.92. The molecule has 0 spiro atoms. The van der Waals surface area contributed by atoms with E-state index in [0.717, 1.165) is 21.8 Å². The van der Waals surface area contributed by atoms with Crippen molar-refractivity contribution in [3.05, 3.63) is 43.1 Å². The highest BCUT2D eigenvalue weighted by molar-refractivity contribution is 7.18. The first-order valence-corrected chi connectivity index (χ1v) is 9.59. The molecule has 9 nitrogen and oxygen atoms in total. The molecule has 0 saturated heterocycles. The molecule has 0 aliphatic carbocycles. The molecule has 140 valence electrons. The highest BCUT2D eigenvalue weighted by atomic mass is 32.1. The number of carbonyl (C=O) groups excluding carboxylic acids is 2. The number of thiophene rings is 2. The maximum absolute atomic E-state index is 12.4. The van der Waals surface area contributed by atoms with Crippen molar-refractivity contribution in [1.82, 2.24) is 4.90 Å². The number of anilines is 1. The highest BCUT2D eigenvalue weighted by Crippen LogP contribution is 2.37. The van der Waals surface area contributed by atoms with Gasteiger partial charge in [0.25, 0.3) is 5.91 Å². The molecule has 3 rings (SSSR count).